The summed E-state index contributed by atoms with van der Waals surface area (Å²) in [6.45, 7) is 0. The van der Waals surface area contributed by atoms with Crippen LogP contribution in [0.4, 0.5) is 0 Å². The van der Waals surface area contributed by atoms with E-state index in [1.54, 1.807) is 0 Å². The van der Waals surface area contributed by atoms with Crippen LogP contribution in [0, 0.1) is 0 Å². The molecule has 0 saturated carbocycles. The molecule has 0 saturated heterocycles. The Balaban J connectivity index is 1.90. The molecule has 29 heavy (non-hydrogen) atoms. The fraction of sp³-hybridized carbons (Fsp3) is 0. The molecule has 0 radical (unpaired) electrons. The standard InChI is InChI=1S/C26H15N3/c1-3-9-18-16(7-1)13-14-19-23-15-17-8-2-6-12-22(17)29(23)26-25(24(18)19)27-20-10-4-5-11-21(20)28-26/h1-15H. The van der Waals surface area contributed by atoms with E-state index in [1.165, 1.54) is 32.4 Å². The van der Waals surface area contributed by atoms with Gasteiger partial charge in [0.05, 0.1) is 22.1 Å². The van der Waals surface area contributed by atoms with Crippen molar-refractivity contribution >= 4 is 60.2 Å². The molecule has 0 unspecified atom stereocenters. The van der Waals surface area contributed by atoms with Crippen molar-refractivity contribution in [2.75, 3.05) is 0 Å². The first-order chi connectivity index (χ1) is 14.4. The lowest BCUT2D eigenvalue weighted by molar-refractivity contribution is 1.25. The molecule has 0 aliphatic heterocycles. The van der Waals surface area contributed by atoms with Crippen LogP contribution in [-0.2, 0) is 0 Å². The van der Waals surface area contributed by atoms with Gasteiger partial charge >= 0.3 is 0 Å². The third kappa shape index (κ3) is 1.91. The highest BCUT2D eigenvalue weighted by Crippen LogP contribution is 2.37. The highest BCUT2D eigenvalue weighted by atomic mass is 15.0. The van der Waals surface area contributed by atoms with E-state index < -0.39 is 0 Å². The monoisotopic (exact) mass is 369 g/mol. The minimum absolute atomic E-state index is 0.906. The van der Waals surface area contributed by atoms with E-state index in [9.17, 15) is 0 Å². The van der Waals surface area contributed by atoms with E-state index in [2.05, 4.69) is 71.1 Å². The molecule has 0 amide bonds. The third-order valence-electron chi connectivity index (χ3n) is 5.92. The molecule has 0 fully saturated rings. The van der Waals surface area contributed by atoms with E-state index in [4.69, 9.17) is 9.97 Å². The van der Waals surface area contributed by atoms with Gasteiger partial charge in [-0.3, -0.25) is 4.40 Å². The van der Waals surface area contributed by atoms with Gasteiger partial charge in [0.2, 0.25) is 0 Å². The lowest BCUT2D eigenvalue weighted by Gasteiger charge is -2.12. The van der Waals surface area contributed by atoms with Crippen molar-refractivity contribution in [3.8, 4) is 0 Å². The molecule has 0 atom stereocenters. The SMILES string of the molecule is c1ccc2c(c1)ccc1c2c2nc3ccccc3nc2n2c3ccccc3cc12. The second-order valence-electron chi connectivity index (χ2n) is 7.52. The van der Waals surface area contributed by atoms with Crippen LogP contribution in [0.1, 0.15) is 0 Å². The molecule has 3 nitrogen and oxygen atoms in total. The number of benzene rings is 4. The molecule has 3 aromatic heterocycles. The molecule has 0 aliphatic carbocycles. The Hall–Kier alpha value is -3.98. The summed E-state index contributed by atoms with van der Waals surface area (Å²) >= 11 is 0. The van der Waals surface area contributed by atoms with Crippen molar-refractivity contribution in [2.45, 2.75) is 0 Å². The quantitative estimate of drug-likeness (QED) is 0.226. The summed E-state index contributed by atoms with van der Waals surface area (Å²) in [4.78, 5) is 10.2. The summed E-state index contributed by atoms with van der Waals surface area (Å²) in [7, 11) is 0. The summed E-state index contributed by atoms with van der Waals surface area (Å²) in [5.74, 6) is 0. The number of fused-ring (bicyclic) bond motifs is 11. The maximum atomic E-state index is 5.11. The average molecular weight is 369 g/mol. The number of pyridine rings is 1. The Labute approximate surface area is 165 Å². The first-order valence-electron chi connectivity index (χ1n) is 9.79. The zero-order chi connectivity index (χ0) is 18.9. The smallest absolute Gasteiger partial charge is 0.165 e. The number of hydrogen-bond donors (Lipinski definition) is 0. The van der Waals surface area contributed by atoms with E-state index >= 15 is 0 Å². The van der Waals surface area contributed by atoms with Gasteiger partial charge in [-0.15, -0.1) is 0 Å². The van der Waals surface area contributed by atoms with Crippen LogP contribution in [0.3, 0.4) is 0 Å². The highest BCUT2D eigenvalue weighted by molar-refractivity contribution is 6.23. The summed E-state index contributed by atoms with van der Waals surface area (Å²) in [6.07, 6.45) is 0. The van der Waals surface area contributed by atoms with Gasteiger partial charge in [0, 0.05) is 16.2 Å². The van der Waals surface area contributed by atoms with Crippen molar-refractivity contribution in [1.82, 2.24) is 14.4 Å². The zero-order valence-electron chi connectivity index (χ0n) is 15.5. The molecular formula is C26H15N3. The molecule has 0 spiro atoms. The maximum Gasteiger partial charge on any atom is 0.165 e. The average Bonchev–Trinajstić information content (AvgIpc) is 3.17. The van der Waals surface area contributed by atoms with Gasteiger partial charge < -0.3 is 0 Å². The minimum Gasteiger partial charge on any atom is -0.292 e. The van der Waals surface area contributed by atoms with Crippen LogP contribution >= 0.6 is 0 Å². The molecular weight excluding hydrogens is 354 g/mol. The second kappa shape index (κ2) is 5.30. The molecule has 134 valence electrons. The number of aromatic nitrogens is 3. The number of hydrogen-bond acceptors (Lipinski definition) is 2. The zero-order valence-corrected chi connectivity index (χ0v) is 15.5. The Morgan fingerprint density at radius 1 is 0.552 bits per heavy atom. The molecule has 7 rings (SSSR count). The van der Waals surface area contributed by atoms with Crippen LogP contribution in [0.5, 0.6) is 0 Å². The highest BCUT2D eigenvalue weighted by Gasteiger charge is 2.16. The normalized spacial score (nSPS) is 12.1. The molecule has 4 aromatic carbocycles. The van der Waals surface area contributed by atoms with E-state index in [1.807, 2.05) is 24.3 Å². The van der Waals surface area contributed by atoms with Crippen molar-refractivity contribution in [3.63, 3.8) is 0 Å². The Bertz CT molecular complexity index is 1760. The van der Waals surface area contributed by atoms with Gasteiger partial charge in [0.15, 0.2) is 5.65 Å². The molecule has 0 bridgehead atoms. The van der Waals surface area contributed by atoms with Crippen LogP contribution in [-0.4, -0.2) is 14.4 Å². The van der Waals surface area contributed by atoms with Gasteiger partial charge in [-0.25, -0.2) is 9.97 Å². The minimum atomic E-state index is 0.906. The van der Waals surface area contributed by atoms with Gasteiger partial charge in [-0.1, -0.05) is 66.7 Å². The van der Waals surface area contributed by atoms with E-state index in [0.717, 1.165) is 27.7 Å². The van der Waals surface area contributed by atoms with Crippen LogP contribution in [0.2, 0.25) is 0 Å². The van der Waals surface area contributed by atoms with Crippen LogP contribution < -0.4 is 0 Å². The largest absolute Gasteiger partial charge is 0.292 e. The van der Waals surface area contributed by atoms with Crippen LogP contribution in [0.15, 0.2) is 91.0 Å². The predicted molar refractivity (Wildman–Crippen MR) is 121 cm³/mol. The lowest BCUT2D eigenvalue weighted by atomic mass is 10.0. The molecule has 7 aromatic rings. The molecule has 0 aliphatic rings. The van der Waals surface area contributed by atoms with Gasteiger partial charge in [0.25, 0.3) is 0 Å². The van der Waals surface area contributed by atoms with E-state index in [0.29, 0.717) is 0 Å². The van der Waals surface area contributed by atoms with Gasteiger partial charge in [-0.05, 0) is 35.0 Å². The van der Waals surface area contributed by atoms with Crippen molar-refractivity contribution in [1.29, 1.82) is 0 Å². The molecule has 3 heteroatoms. The maximum absolute atomic E-state index is 5.11. The fourth-order valence-corrected chi connectivity index (χ4v) is 4.64. The summed E-state index contributed by atoms with van der Waals surface area (Å²) in [5.41, 5.74) is 6.02. The second-order valence-corrected chi connectivity index (χ2v) is 7.52. The summed E-state index contributed by atoms with van der Waals surface area (Å²) < 4.78 is 2.27. The first-order valence-corrected chi connectivity index (χ1v) is 9.79. The number of rotatable bonds is 0. The third-order valence-corrected chi connectivity index (χ3v) is 5.92. The molecule has 3 heterocycles. The summed E-state index contributed by atoms with van der Waals surface area (Å²) in [6, 6.07) is 31.8. The van der Waals surface area contributed by atoms with Crippen molar-refractivity contribution in [3.05, 3.63) is 91.0 Å². The predicted octanol–water partition coefficient (Wildman–Crippen LogP) is 6.50. The topological polar surface area (TPSA) is 30.2 Å². The van der Waals surface area contributed by atoms with E-state index in [-0.39, 0.29) is 0 Å². The van der Waals surface area contributed by atoms with Crippen molar-refractivity contribution in [2.24, 2.45) is 0 Å². The van der Waals surface area contributed by atoms with Crippen LogP contribution in [0.25, 0.3) is 60.2 Å². The Morgan fingerprint density at radius 3 is 2.17 bits per heavy atom. The number of para-hydroxylation sites is 3. The Morgan fingerprint density at radius 2 is 1.28 bits per heavy atom. The Kier molecular flexibility index (Phi) is 2.74. The number of nitrogens with zero attached hydrogens (tertiary/aromatic N) is 3. The van der Waals surface area contributed by atoms with Gasteiger partial charge in [0.1, 0.15) is 5.52 Å². The molecule has 0 N–H and O–H groups in total. The fourth-order valence-electron chi connectivity index (χ4n) is 4.64. The van der Waals surface area contributed by atoms with Crippen molar-refractivity contribution < 1.29 is 0 Å². The lowest BCUT2D eigenvalue weighted by Crippen LogP contribution is -1.97. The van der Waals surface area contributed by atoms with Gasteiger partial charge in [-0.2, -0.15) is 0 Å². The summed E-state index contributed by atoms with van der Waals surface area (Å²) in [5, 5.41) is 6.03. The first kappa shape index (κ1) is 15.0.